The number of anilines is 2. The summed E-state index contributed by atoms with van der Waals surface area (Å²) in [6.07, 6.45) is 1.20. The topological polar surface area (TPSA) is 121 Å². The molecule has 2 rings (SSSR count). The molecule has 0 bridgehead atoms. The third-order valence-electron chi connectivity index (χ3n) is 2.97. The molecule has 120 valence electrons. The minimum Gasteiger partial charge on any atom is -0.345 e. The van der Waals surface area contributed by atoms with Crippen LogP contribution in [-0.4, -0.2) is 15.8 Å². The molecule has 0 aliphatic carbocycles. The standard InChI is InChI=1S/C16H13N5O3/c1-11-5-4-8-15(19-11)18-10-12(9-17)16(22)20-13-6-2-3-7-14(13)21(23)24/h2-8,10H,1H3,(H,18,19)(H,20,22)/b12-10-. The second-order valence-electron chi connectivity index (χ2n) is 4.71. The van der Waals surface area contributed by atoms with E-state index >= 15 is 0 Å². The lowest BCUT2D eigenvalue weighted by molar-refractivity contribution is -0.383. The number of nitriles is 1. The van der Waals surface area contributed by atoms with Crippen LogP contribution in [0.25, 0.3) is 0 Å². The van der Waals surface area contributed by atoms with Gasteiger partial charge in [0.05, 0.1) is 4.92 Å². The molecule has 0 unspecified atom stereocenters. The summed E-state index contributed by atoms with van der Waals surface area (Å²) in [5.41, 5.74) is 0.298. The summed E-state index contributed by atoms with van der Waals surface area (Å²) in [5.74, 6) is -0.284. The zero-order valence-corrected chi connectivity index (χ0v) is 12.7. The number of benzene rings is 1. The van der Waals surface area contributed by atoms with Crippen molar-refractivity contribution in [1.82, 2.24) is 4.98 Å². The number of pyridine rings is 1. The van der Waals surface area contributed by atoms with Gasteiger partial charge in [0.2, 0.25) is 0 Å². The van der Waals surface area contributed by atoms with Crippen molar-refractivity contribution in [1.29, 1.82) is 5.26 Å². The van der Waals surface area contributed by atoms with E-state index in [9.17, 15) is 14.9 Å². The van der Waals surface area contributed by atoms with Gasteiger partial charge >= 0.3 is 0 Å². The number of carbonyl (C=O) groups excluding carboxylic acids is 1. The summed E-state index contributed by atoms with van der Waals surface area (Å²) in [6.45, 7) is 1.81. The van der Waals surface area contributed by atoms with Crippen LogP contribution < -0.4 is 10.6 Å². The maximum Gasteiger partial charge on any atom is 0.292 e. The van der Waals surface area contributed by atoms with Gasteiger partial charge in [-0.15, -0.1) is 0 Å². The number of nitro groups is 1. The summed E-state index contributed by atoms with van der Waals surface area (Å²) in [5, 5.41) is 25.2. The van der Waals surface area contributed by atoms with Gasteiger partial charge in [-0.2, -0.15) is 5.26 Å². The fraction of sp³-hybridized carbons (Fsp3) is 0.0625. The molecule has 0 saturated carbocycles. The first-order chi connectivity index (χ1) is 11.5. The van der Waals surface area contributed by atoms with Gasteiger partial charge in [-0.25, -0.2) is 4.98 Å². The van der Waals surface area contributed by atoms with E-state index in [1.54, 1.807) is 37.3 Å². The molecule has 1 aromatic heterocycles. The highest BCUT2D eigenvalue weighted by Gasteiger charge is 2.17. The maximum atomic E-state index is 12.1. The van der Waals surface area contributed by atoms with Gasteiger partial charge < -0.3 is 10.6 Å². The third-order valence-corrected chi connectivity index (χ3v) is 2.97. The van der Waals surface area contributed by atoms with Crippen LogP contribution in [0.2, 0.25) is 0 Å². The van der Waals surface area contributed by atoms with Crippen molar-refractivity contribution in [2.45, 2.75) is 6.92 Å². The van der Waals surface area contributed by atoms with Crippen molar-refractivity contribution in [3.8, 4) is 6.07 Å². The Kier molecular flexibility index (Phi) is 5.20. The lowest BCUT2D eigenvalue weighted by Gasteiger charge is -2.05. The Bertz CT molecular complexity index is 855. The molecule has 8 heteroatoms. The Balaban J connectivity index is 2.16. The first-order valence-corrected chi connectivity index (χ1v) is 6.86. The van der Waals surface area contributed by atoms with Crippen LogP contribution in [0.5, 0.6) is 0 Å². The van der Waals surface area contributed by atoms with E-state index in [2.05, 4.69) is 15.6 Å². The average Bonchev–Trinajstić information content (AvgIpc) is 2.55. The molecule has 0 aliphatic rings. The molecule has 24 heavy (non-hydrogen) atoms. The number of aromatic nitrogens is 1. The van der Waals surface area contributed by atoms with Crippen LogP contribution in [-0.2, 0) is 4.79 Å². The molecular weight excluding hydrogens is 310 g/mol. The number of rotatable bonds is 5. The summed E-state index contributed by atoms with van der Waals surface area (Å²) in [7, 11) is 0. The van der Waals surface area contributed by atoms with E-state index in [0.29, 0.717) is 5.82 Å². The van der Waals surface area contributed by atoms with E-state index in [1.165, 1.54) is 24.4 Å². The van der Waals surface area contributed by atoms with Crippen LogP contribution in [0.4, 0.5) is 17.2 Å². The number of amides is 1. The fourth-order valence-electron chi connectivity index (χ4n) is 1.85. The van der Waals surface area contributed by atoms with E-state index < -0.39 is 10.8 Å². The van der Waals surface area contributed by atoms with Gasteiger partial charge in [0.1, 0.15) is 23.1 Å². The number of nitro benzene ring substituents is 1. The predicted molar refractivity (Wildman–Crippen MR) is 88.0 cm³/mol. The Morgan fingerprint density at radius 2 is 2.04 bits per heavy atom. The van der Waals surface area contributed by atoms with Crippen molar-refractivity contribution < 1.29 is 9.72 Å². The molecule has 0 aliphatic heterocycles. The van der Waals surface area contributed by atoms with Crippen LogP contribution >= 0.6 is 0 Å². The van der Waals surface area contributed by atoms with E-state index in [0.717, 1.165) is 5.69 Å². The number of nitrogens with one attached hydrogen (secondary N) is 2. The summed E-state index contributed by atoms with van der Waals surface area (Å²) >= 11 is 0. The second-order valence-corrected chi connectivity index (χ2v) is 4.71. The number of para-hydroxylation sites is 2. The monoisotopic (exact) mass is 323 g/mol. The van der Waals surface area contributed by atoms with Crippen molar-refractivity contribution in [2.24, 2.45) is 0 Å². The SMILES string of the molecule is Cc1cccc(N/C=C(/C#N)C(=O)Nc2ccccc2[N+](=O)[O-])n1. The summed E-state index contributed by atoms with van der Waals surface area (Å²) in [6, 6.07) is 12.7. The maximum absolute atomic E-state index is 12.1. The van der Waals surface area contributed by atoms with Gasteiger partial charge in [0.25, 0.3) is 11.6 Å². The van der Waals surface area contributed by atoms with Crippen LogP contribution in [0.15, 0.2) is 54.2 Å². The molecule has 1 aromatic carbocycles. The lowest BCUT2D eigenvalue weighted by atomic mass is 10.2. The number of aryl methyl sites for hydroxylation is 1. The minimum absolute atomic E-state index is 0.0160. The molecule has 2 aromatic rings. The van der Waals surface area contributed by atoms with E-state index in [4.69, 9.17) is 5.26 Å². The van der Waals surface area contributed by atoms with Gasteiger partial charge in [-0.1, -0.05) is 18.2 Å². The number of nitrogens with zero attached hydrogens (tertiary/aromatic N) is 3. The number of hydrogen-bond acceptors (Lipinski definition) is 6. The Hall–Kier alpha value is -3.73. The largest absolute Gasteiger partial charge is 0.345 e. The third kappa shape index (κ3) is 4.14. The fourth-order valence-corrected chi connectivity index (χ4v) is 1.85. The van der Waals surface area contributed by atoms with Gasteiger partial charge in [-0.05, 0) is 25.1 Å². The number of carbonyl (C=O) groups is 1. The van der Waals surface area contributed by atoms with Crippen molar-refractivity contribution >= 4 is 23.1 Å². The second kappa shape index (κ2) is 7.51. The van der Waals surface area contributed by atoms with Crippen LogP contribution in [0, 0.1) is 28.4 Å². The first kappa shape index (κ1) is 16.6. The molecule has 1 heterocycles. The predicted octanol–water partition coefficient (Wildman–Crippen LogP) is 2.76. The van der Waals surface area contributed by atoms with Crippen molar-refractivity contribution in [2.75, 3.05) is 10.6 Å². The van der Waals surface area contributed by atoms with Crippen molar-refractivity contribution in [3.05, 3.63) is 70.0 Å². The quantitative estimate of drug-likeness (QED) is 0.378. The average molecular weight is 323 g/mol. The highest BCUT2D eigenvalue weighted by Crippen LogP contribution is 2.23. The summed E-state index contributed by atoms with van der Waals surface area (Å²) < 4.78 is 0. The molecule has 0 spiro atoms. The lowest BCUT2D eigenvalue weighted by Crippen LogP contribution is -2.15. The van der Waals surface area contributed by atoms with Crippen molar-refractivity contribution in [3.63, 3.8) is 0 Å². The molecule has 0 fully saturated rings. The van der Waals surface area contributed by atoms with E-state index in [-0.39, 0.29) is 16.9 Å². The van der Waals surface area contributed by atoms with Crippen LogP contribution in [0.1, 0.15) is 5.69 Å². The molecule has 2 N–H and O–H groups in total. The van der Waals surface area contributed by atoms with Gasteiger partial charge in [-0.3, -0.25) is 14.9 Å². The minimum atomic E-state index is -0.757. The molecule has 1 amide bonds. The summed E-state index contributed by atoms with van der Waals surface area (Å²) in [4.78, 5) is 26.6. The molecule has 0 saturated heterocycles. The number of hydrogen-bond donors (Lipinski definition) is 2. The normalized spacial score (nSPS) is 10.6. The Labute approximate surface area is 137 Å². The molecule has 8 nitrogen and oxygen atoms in total. The molecular formula is C16H13N5O3. The smallest absolute Gasteiger partial charge is 0.292 e. The zero-order chi connectivity index (χ0) is 17.5. The van der Waals surface area contributed by atoms with Gasteiger partial charge in [0, 0.05) is 18.0 Å². The highest BCUT2D eigenvalue weighted by molar-refractivity contribution is 6.07. The van der Waals surface area contributed by atoms with Gasteiger partial charge in [0.15, 0.2) is 0 Å². The zero-order valence-electron chi connectivity index (χ0n) is 12.7. The Morgan fingerprint density at radius 3 is 2.71 bits per heavy atom. The molecule has 0 atom stereocenters. The highest BCUT2D eigenvalue weighted by atomic mass is 16.6. The van der Waals surface area contributed by atoms with E-state index in [1.807, 2.05) is 0 Å². The molecule has 0 radical (unpaired) electrons. The first-order valence-electron chi connectivity index (χ1n) is 6.86. The van der Waals surface area contributed by atoms with Crippen LogP contribution in [0.3, 0.4) is 0 Å². The Morgan fingerprint density at radius 1 is 1.29 bits per heavy atom.